The molecule has 0 spiro atoms. The molecule has 2 N–H and O–H groups in total. The molecule has 3 aromatic heterocycles. The molecule has 33 heavy (non-hydrogen) atoms. The molecule has 3 unspecified atom stereocenters. The Bertz CT molecular complexity index is 1300. The van der Waals surface area contributed by atoms with Crippen LogP contribution in [-0.2, 0) is 0 Å². The van der Waals surface area contributed by atoms with Crippen molar-refractivity contribution in [3.63, 3.8) is 0 Å². The van der Waals surface area contributed by atoms with Crippen molar-refractivity contribution in [3.05, 3.63) is 58.2 Å². The SMILES string of the molecule is CC(C)(O)CCOc1ccc(-n2cc(C(O)c3c(C4CC4F)sc4cncn34)nn2)cc1Cl. The minimum atomic E-state index is -1.08. The van der Waals surface area contributed by atoms with Crippen LogP contribution in [0.5, 0.6) is 5.75 Å². The molecular weight excluding hydrogens is 469 g/mol. The molecule has 1 aliphatic rings. The second kappa shape index (κ2) is 8.35. The minimum absolute atomic E-state index is 0.197. The van der Waals surface area contributed by atoms with E-state index in [4.69, 9.17) is 16.3 Å². The molecule has 0 bridgehead atoms. The van der Waals surface area contributed by atoms with E-state index in [9.17, 15) is 14.6 Å². The molecule has 8 nitrogen and oxygen atoms in total. The number of hydrogen-bond donors (Lipinski definition) is 2. The third-order valence-corrected chi connectivity index (χ3v) is 7.12. The lowest BCUT2D eigenvalue weighted by Crippen LogP contribution is -2.21. The summed E-state index contributed by atoms with van der Waals surface area (Å²) in [7, 11) is 0. The summed E-state index contributed by atoms with van der Waals surface area (Å²) in [4.78, 5) is 5.79. The predicted molar refractivity (Wildman–Crippen MR) is 122 cm³/mol. The summed E-state index contributed by atoms with van der Waals surface area (Å²) in [5.74, 6) is 0.304. The van der Waals surface area contributed by atoms with Crippen molar-refractivity contribution >= 4 is 27.8 Å². The van der Waals surface area contributed by atoms with E-state index in [0.717, 1.165) is 9.71 Å². The third kappa shape index (κ3) is 4.48. The number of aromatic nitrogens is 5. The number of halogens is 2. The van der Waals surface area contributed by atoms with Crippen molar-refractivity contribution in [2.75, 3.05) is 6.61 Å². The number of rotatable bonds is 8. The minimum Gasteiger partial charge on any atom is -0.492 e. The lowest BCUT2D eigenvalue weighted by molar-refractivity contribution is 0.0553. The van der Waals surface area contributed by atoms with E-state index in [0.29, 0.717) is 47.3 Å². The molecule has 1 aliphatic carbocycles. The van der Waals surface area contributed by atoms with Gasteiger partial charge in [-0.3, -0.25) is 4.40 Å². The highest BCUT2D eigenvalue weighted by Gasteiger charge is 2.43. The fraction of sp³-hybridized carbons (Fsp3) is 0.409. The highest BCUT2D eigenvalue weighted by molar-refractivity contribution is 7.17. The molecule has 0 radical (unpaired) electrons. The van der Waals surface area contributed by atoms with Gasteiger partial charge in [-0.05, 0) is 38.5 Å². The van der Waals surface area contributed by atoms with Gasteiger partial charge in [0.15, 0.2) is 0 Å². The van der Waals surface area contributed by atoms with E-state index >= 15 is 0 Å². The van der Waals surface area contributed by atoms with E-state index < -0.39 is 17.9 Å². The summed E-state index contributed by atoms with van der Waals surface area (Å²) in [5.41, 5.74) is 0.741. The molecule has 1 fully saturated rings. The molecule has 174 valence electrons. The Morgan fingerprint density at radius 3 is 2.88 bits per heavy atom. The van der Waals surface area contributed by atoms with Gasteiger partial charge >= 0.3 is 0 Å². The molecule has 3 atom stereocenters. The molecule has 0 saturated heterocycles. The quantitative estimate of drug-likeness (QED) is 0.385. The smallest absolute Gasteiger partial charge is 0.141 e. The summed E-state index contributed by atoms with van der Waals surface area (Å²) in [5, 5.41) is 29.6. The van der Waals surface area contributed by atoms with Crippen LogP contribution in [0.4, 0.5) is 4.39 Å². The van der Waals surface area contributed by atoms with Crippen LogP contribution < -0.4 is 4.74 Å². The van der Waals surface area contributed by atoms with Gasteiger partial charge in [-0.1, -0.05) is 16.8 Å². The standard InChI is InChI=1S/C22H23ClFN5O3S/c1-22(2,31)5-6-32-17-4-3-12(7-14(17)23)29-10-16(26-27-29)20(30)19-21(13-8-15(13)24)33-18-9-25-11-28(18)19/h3-4,7,9-11,13,15,20,30-31H,5-6,8H2,1-2H3. The molecule has 5 rings (SSSR count). The summed E-state index contributed by atoms with van der Waals surface area (Å²) < 4.78 is 22.8. The fourth-order valence-electron chi connectivity index (χ4n) is 3.62. The number of nitrogens with zero attached hydrogens (tertiary/aromatic N) is 5. The Morgan fingerprint density at radius 1 is 1.39 bits per heavy atom. The number of aliphatic hydroxyl groups excluding tert-OH is 1. The number of aliphatic hydroxyl groups is 2. The Labute approximate surface area is 198 Å². The first-order chi connectivity index (χ1) is 15.7. The van der Waals surface area contributed by atoms with E-state index in [2.05, 4.69) is 15.3 Å². The zero-order valence-electron chi connectivity index (χ0n) is 18.0. The number of ether oxygens (including phenoxy) is 1. The van der Waals surface area contributed by atoms with Crippen LogP contribution in [0.2, 0.25) is 5.02 Å². The van der Waals surface area contributed by atoms with Crippen LogP contribution >= 0.6 is 22.9 Å². The number of alkyl halides is 1. The summed E-state index contributed by atoms with van der Waals surface area (Å²) in [6, 6.07) is 5.19. The summed E-state index contributed by atoms with van der Waals surface area (Å²) >= 11 is 7.81. The molecule has 4 aromatic rings. The fourth-order valence-corrected chi connectivity index (χ4v) is 5.14. The van der Waals surface area contributed by atoms with Gasteiger partial charge in [0.25, 0.3) is 0 Å². The normalized spacial score (nSPS) is 19.2. The molecule has 1 aromatic carbocycles. The number of imidazole rings is 1. The molecule has 0 amide bonds. The van der Waals surface area contributed by atoms with E-state index in [1.165, 1.54) is 16.0 Å². The van der Waals surface area contributed by atoms with Gasteiger partial charge in [0, 0.05) is 17.2 Å². The van der Waals surface area contributed by atoms with Crippen molar-refractivity contribution in [2.24, 2.45) is 0 Å². The Morgan fingerprint density at radius 2 is 2.18 bits per heavy atom. The van der Waals surface area contributed by atoms with Crippen LogP contribution in [-0.4, -0.2) is 53.0 Å². The van der Waals surface area contributed by atoms with Crippen molar-refractivity contribution in [2.45, 2.75) is 50.5 Å². The molecule has 0 aliphatic heterocycles. The third-order valence-electron chi connectivity index (χ3n) is 5.58. The predicted octanol–water partition coefficient (Wildman–Crippen LogP) is 4.08. The van der Waals surface area contributed by atoms with Gasteiger partial charge in [-0.2, -0.15) is 0 Å². The zero-order valence-corrected chi connectivity index (χ0v) is 19.6. The maximum absolute atomic E-state index is 13.8. The van der Waals surface area contributed by atoms with E-state index in [-0.39, 0.29) is 5.92 Å². The van der Waals surface area contributed by atoms with Gasteiger partial charge in [0.1, 0.15) is 34.9 Å². The Kier molecular flexibility index (Phi) is 5.64. The Hall–Kier alpha value is -2.53. The number of benzene rings is 1. The Balaban J connectivity index is 1.37. The van der Waals surface area contributed by atoms with Crippen LogP contribution in [0, 0.1) is 0 Å². The van der Waals surface area contributed by atoms with Crippen LogP contribution in [0.1, 0.15) is 55.0 Å². The average Bonchev–Trinajstić information content (AvgIpc) is 3.16. The lowest BCUT2D eigenvalue weighted by atomic mass is 10.1. The van der Waals surface area contributed by atoms with Gasteiger partial charge in [-0.25, -0.2) is 14.1 Å². The maximum Gasteiger partial charge on any atom is 0.141 e. The average molecular weight is 492 g/mol. The van der Waals surface area contributed by atoms with Gasteiger partial charge in [-0.15, -0.1) is 16.4 Å². The van der Waals surface area contributed by atoms with E-state index in [1.807, 2.05) is 0 Å². The first kappa shape index (κ1) is 22.3. The van der Waals surface area contributed by atoms with Crippen LogP contribution in [0.3, 0.4) is 0 Å². The van der Waals surface area contributed by atoms with Gasteiger partial charge in [0.05, 0.1) is 41.0 Å². The first-order valence-corrected chi connectivity index (χ1v) is 11.7. The topological polar surface area (TPSA) is 97.7 Å². The van der Waals surface area contributed by atoms with Crippen LogP contribution in [0.15, 0.2) is 36.9 Å². The number of hydrogen-bond acceptors (Lipinski definition) is 7. The molecule has 1 saturated carbocycles. The molecule has 11 heteroatoms. The van der Waals surface area contributed by atoms with Gasteiger partial charge < -0.3 is 14.9 Å². The lowest BCUT2D eigenvalue weighted by Gasteiger charge is -2.17. The molecule has 3 heterocycles. The van der Waals surface area contributed by atoms with Gasteiger partial charge in [0.2, 0.25) is 0 Å². The van der Waals surface area contributed by atoms with Crippen molar-refractivity contribution in [3.8, 4) is 11.4 Å². The first-order valence-electron chi connectivity index (χ1n) is 10.6. The second-order valence-electron chi connectivity index (χ2n) is 8.83. The van der Waals surface area contributed by atoms with Crippen LogP contribution in [0.25, 0.3) is 10.5 Å². The van der Waals surface area contributed by atoms with Crippen molar-refractivity contribution in [1.29, 1.82) is 0 Å². The maximum atomic E-state index is 13.8. The second-order valence-corrected chi connectivity index (χ2v) is 10.3. The van der Waals surface area contributed by atoms with E-state index in [1.54, 1.807) is 55.2 Å². The zero-order chi connectivity index (χ0) is 23.3. The molecular formula is C22H23ClFN5O3S. The number of thiazole rings is 1. The summed E-state index contributed by atoms with van der Waals surface area (Å²) in [6.07, 6.45) is 3.91. The largest absolute Gasteiger partial charge is 0.492 e. The highest BCUT2D eigenvalue weighted by Crippen LogP contribution is 2.49. The summed E-state index contributed by atoms with van der Waals surface area (Å²) in [6.45, 7) is 3.76. The number of fused-ring (bicyclic) bond motifs is 1. The highest BCUT2D eigenvalue weighted by atomic mass is 35.5. The van der Waals surface area contributed by atoms with Crippen molar-refractivity contribution < 1.29 is 19.3 Å². The van der Waals surface area contributed by atoms with Crippen molar-refractivity contribution in [1.82, 2.24) is 24.4 Å². The monoisotopic (exact) mass is 491 g/mol.